The second-order valence-electron chi connectivity index (χ2n) is 4.46. The molecule has 0 radical (unpaired) electrons. The summed E-state index contributed by atoms with van der Waals surface area (Å²) in [4.78, 5) is 13.2. The standard InChI is InChI=1S/C10H19NO2/c1-8-4-5-11(6-8)7-10(3,13)9(2)12/h8,13H,4-7H2,1-3H3. The van der Waals surface area contributed by atoms with Crippen molar-refractivity contribution >= 4 is 5.78 Å². The van der Waals surface area contributed by atoms with Gasteiger partial charge in [0.1, 0.15) is 5.60 Å². The molecule has 1 fully saturated rings. The summed E-state index contributed by atoms with van der Waals surface area (Å²) in [6.45, 7) is 7.72. The van der Waals surface area contributed by atoms with E-state index in [1.807, 2.05) is 0 Å². The van der Waals surface area contributed by atoms with Crippen LogP contribution in [0.15, 0.2) is 0 Å². The molecule has 1 rings (SSSR count). The molecular formula is C10H19NO2. The molecule has 1 saturated heterocycles. The normalized spacial score (nSPS) is 28.8. The Kier molecular flexibility index (Phi) is 3.09. The predicted molar refractivity (Wildman–Crippen MR) is 51.5 cm³/mol. The average molecular weight is 185 g/mol. The van der Waals surface area contributed by atoms with Gasteiger partial charge >= 0.3 is 0 Å². The van der Waals surface area contributed by atoms with Crippen LogP contribution in [0.25, 0.3) is 0 Å². The van der Waals surface area contributed by atoms with E-state index >= 15 is 0 Å². The van der Waals surface area contributed by atoms with Gasteiger partial charge in [-0.05, 0) is 32.7 Å². The fourth-order valence-corrected chi connectivity index (χ4v) is 1.72. The maximum absolute atomic E-state index is 11.1. The number of likely N-dealkylation sites (tertiary alicyclic amines) is 1. The van der Waals surface area contributed by atoms with Gasteiger partial charge < -0.3 is 5.11 Å². The van der Waals surface area contributed by atoms with Crippen LogP contribution in [0.5, 0.6) is 0 Å². The first-order valence-corrected chi connectivity index (χ1v) is 4.87. The molecule has 1 aliphatic rings. The van der Waals surface area contributed by atoms with Crippen molar-refractivity contribution in [3.8, 4) is 0 Å². The molecular weight excluding hydrogens is 166 g/mol. The van der Waals surface area contributed by atoms with E-state index in [2.05, 4.69) is 11.8 Å². The van der Waals surface area contributed by atoms with Crippen LogP contribution in [-0.4, -0.2) is 41.0 Å². The Balaban J connectivity index is 2.44. The minimum absolute atomic E-state index is 0.146. The lowest BCUT2D eigenvalue weighted by atomic mass is 10.0. The molecule has 2 atom stereocenters. The van der Waals surface area contributed by atoms with E-state index in [0.717, 1.165) is 13.1 Å². The fourth-order valence-electron chi connectivity index (χ4n) is 1.72. The first kappa shape index (κ1) is 10.7. The third kappa shape index (κ3) is 2.78. The molecule has 1 aliphatic heterocycles. The maximum Gasteiger partial charge on any atom is 0.162 e. The summed E-state index contributed by atoms with van der Waals surface area (Å²) >= 11 is 0. The predicted octanol–water partition coefficient (Wildman–Crippen LogP) is 0.668. The Morgan fingerprint density at radius 2 is 2.31 bits per heavy atom. The van der Waals surface area contributed by atoms with Crippen LogP contribution in [0.4, 0.5) is 0 Å². The average Bonchev–Trinajstić information content (AvgIpc) is 2.34. The Morgan fingerprint density at radius 1 is 1.69 bits per heavy atom. The highest BCUT2D eigenvalue weighted by Gasteiger charge is 2.31. The molecule has 0 bridgehead atoms. The highest BCUT2D eigenvalue weighted by atomic mass is 16.3. The third-order valence-corrected chi connectivity index (χ3v) is 2.80. The van der Waals surface area contributed by atoms with Gasteiger partial charge in [-0.1, -0.05) is 6.92 Å². The summed E-state index contributed by atoms with van der Waals surface area (Å²) in [6.07, 6.45) is 1.17. The number of aliphatic hydroxyl groups is 1. The molecule has 0 aromatic carbocycles. The Morgan fingerprint density at radius 3 is 2.69 bits per heavy atom. The molecule has 1 heterocycles. The monoisotopic (exact) mass is 185 g/mol. The lowest BCUT2D eigenvalue weighted by Crippen LogP contribution is -2.45. The van der Waals surface area contributed by atoms with E-state index in [-0.39, 0.29) is 5.78 Å². The van der Waals surface area contributed by atoms with Gasteiger partial charge in [0.15, 0.2) is 5.78 Å². The van der Waals surface area contributed by atoms with Crippen LogP contribution in [-0.2, 0) is 4.79 Å². The van der Waals surface area contributed by atoms with Crippen molar-refractivity contribution in [3.63, 3.8) is 0 Å². The van der Waals surface area contributed by atoms with Crippen molar-refractivity contribution in [3.05, 3.63) is 0 Å². The fraction of sp³-hybridized carbons (Fsp3) is 0.900. The van der Waals surface area contributed by atoms with Crippen molar-refractivity contribution in [2.24, 2.45) is 5.92 Å². The van der Waals surface area contributed by atoms with Gasteiger partial charge in [-0.3, -0.25) is 9.69 Å². The van der Waals surface area contributed by atoms with Crippen molar-refractivity contribution in [1.29, 1.82) is 0 Å². The molecule has 76 valence electrons. The van der Waals surface area contributed by atoms with Crippen molar-refractivity contribution in [2.75, 3.05) is 19.6 Å². The van der Waals surface area contributed by atoms with E-state index in [9.17, 15) is 9.90 Å². The number of Topliss-reactive ketones (excluding diaryl/α,β-unsaturated/α-hetero) is 1. The largest absolute Gasteiger partial charge is 0.381 e. The quantitative estimate of drug-likeness (QED) is 0.702. The molecule has 1 N–H and O–H groups in total. The summed E-state index contributed by atoms with van der Waals surface area (Å²) in [5.74, 6) is 0.551. The Labute approximate surface area is 79.7 Å². The Hall–Kier alpha value is -0.410. The van der Waals surface area contributed by atoms with E-state index in [1.165, 1.54) is 13.3 Å². The van der Waals surface area contributed by atoms with Crippen molar-refractivity contribution in [1.82, 2.24) is 4.90 Å². The van der Waals surface area contributed by atoms with Gasteiger partial charge in [0.25, 0.3) is 0 Å². The highest BCUT2D eigenvalue weighted by Crippen LogP contribution is 2.18. The second kappa shape index (κ2) is 3.76. The van der Waals surface area contributed by atoms with Crippen LogP contribution < -0.4 is 0 Å². The number of rotatable bonds is 3. The summed E-state index contributed by atoms with van der Waals surface area (Å²) in [5, 5.41) is 9.75. The molecule has 3 heteroatoms. The van der Waals surface area contributed by atoms with E-state index in [0.29, 0.717) is 12.5 Å². The van der Waals surface area contributed by atoms with Crippen LogP contribution in [0.1, 0.15) is 27.2 Å². The topological polar surface area (TPSA) is 40.5 Å². The summed E-state index contributed by atoms with van der Waals surface area (Å²) in [6, 6.07) is 0. The molecule has 0 aromatic rings. The lowest BCUT2D eigenvalue weighted by molar-refractivity contribution is -0.134. The van der Waals surface area contributed by atoms with Crippen LogP contribution >= 0.6 is 0 Å². The van der Waals surface area contributed by atoms with Crippen molar-refractivity contribution in [2.45, 2.75) is 32.8 Å². The smallest absolute Gasteiger partial charge is 0.162 e. The summed E-state index contributed by atoms with van der Waals surface area (Å²) in [5.41, 5.74) is -1.16. The molecule has 0 aromatic heterocycles. The molecule has 0 saturated carbocycles. The van der Waals surface area contributed by atoms with Gasteiger partial charge in [-0.25, -0.2) is 0 Å². The summed E-state index contributed by atoms with van der Waals surface area (Å²) < 4.78 is 0. The van der Waals surface area contributed by atoms with Gasteiger partial charge in [0, 0.05) is 13.1 Å². The van der Waals surface area contributed by atoms with Crippen LogP contribution in [0.2, 0.25) is 0 Å². The molecule has 0 aliphatic carbocycles. The lowest BCUT2D eigenvalue weighted by Gasteiger charge is -2.26. The zero-order valence-electron chi connectivity index (χ0n) is 8.71. The third-order valence-electron chi connectivity index (χ3n) is 2.80. The van der Waals surface area contributed by atoms with Crippen molar-refractivity contribution < 1.29 is 9.90 Å². The second-order valence-corrected chi connectivity index (χ2v) is 4.46. The maximum atomic E-state index is 11.1. The van der Waals surface area contributed by atoms with Crippen LogP contribution in [0, 0.1) is 5.92 Å². The SMILES string of the molecule is CC(=O)C(C)(O)CN1CCC(C)C1. The molecule has 0 amide bonds. The van der Waals surface area contributed by atoms with E-state index in [4.69, 9.17) is 0 Å². The molecule has 0 spiro atoms. The molecule has 2 unspecified atom stereocenters. The van der Waals surface area contributed by atoms with E-state index in [1.54, 1.807) is 6.92 Å². The Bertz CT molecular complexity index is 201. The first-order valence-electron chi connectivity index (χ1n) is 4.87. The van der Waals surface area contributed by atoms with Crippen LogP contribution in [0.3, 0.4) is 0 Å². The number of β-amino-alcohol motifs (C(OH)–C–C–N with tert-alkyl or cyclic N) is 1. The number of carbonyl (C=O) groups excluding carboxylic acids is 1. The van der Waals surface area contributed by atoms with Gasteiger partial charge in [0.2, 0.25) is 0 Å². The van der Waals surface area contributed by atoms with Gasteiger partial charge in [0.05, 0.1) is 0 Å². The number of ketones is 1. The number of nitrogens with zero attached hydrogens (tertiary/aromatic N) is 1. The number of hydrogen-bond donors (Lipinski definition) is 1. The zero-order valence-corrected chi connectivity index (χ0v) is 8.71. The van der Waals surface area contributed by atoms with E-state index < -0.39 is 5.60 Å². The minimum atomic E-state index is -1.16. The highest BCUT2D eigenvalue weighted by molar-refractivity contribution is 5.84. The number of hydrogen-bond acceptors (Lipinski definition) is 3. The minimum Gasteiger partial charge on any atom is -0.381 e. The summed E-state index contributed by atoms with van der Waals surface area (Å²) in [7, 11) is 0. The molecule has 3 nitrogen and oxygen atoms in total. The molecule has 13 heavy (non-hydrogen) atoms. The van der Waals surface area contributed by atoms with Gasteiger partial charge in [-0.15, -0.1) is 0 Å². The first-order chi connectivity index (χ1) is 5.92. The number of carbonyl (C=O) groups is 1. The van der Waals surface area contributed by atoms with Gasteiger partial charge in [-0.2, -0.15) is 0 Å². The zero-order chi connectivity index (χ0) is 10.1.